The van der Waals surface area contributed by atoms with E-state index < -0.39 is 71.1 Å². The zero-order chi connectivity index (χ0) is 53.8. The summed E-state index contributed by atoms with van der Waals surface area (Å²) in [5.41, 5.74) is 6.45. The Kier molecular flexibility index (Phi) is 21.7. The smallest absolute Gasteiger partial charge is 0.265 e. The van der Waals surface area contributed by atoms with Gasteiger partial charge in [-0.05, 0) is 38.9 Å². The van der Waals surface area contributed by atoms with Crippen molar-refractivity contribution < 1.29 is 52.1 Å². The summed E-state index contributed by atoms with van der Waals surface area (Å²) in [5, 5.41) is 8.81. The third kappa shape index (κ3) is 17.0. The normalized spacial score (nSPS) is 23.4. The average molecular weight is 1120 g/mol. The fourth-order valence-corrected chi connectivity index (χ4v) is 9.37. The van der Waals surface area contributed by atoms with Gasteiger partial charge in [0.1, 0.15) is 48.8 Å². The summed E-state index contributed by atoms with van der Waals surface area (Å²) in [6.45, 7) is 1.37. The Morgan fingerprint density at radius 2 is 0.615 bits per heavy atom. The van der Waals surface area contributed by atoms with Crippen molar-refractivity contribution in [2.24, 2.45) is 0 Å². The highest BCUT2D eigenvalue weighted by Gasteiger charge is 2.55. The number of halogens is 3. The number of nitrogens with one attached hydrogen (secondary N) is 1. The molecule has 7 aromatic rings. The highest BCUT2D eigenvalue weighted by atomic mass is 35.6. The average Bonchev–Trinajstić information content (AvgIpc) is 3.54. The van der Waals surface area contributed by atoms with Crippen LogP contribution < -0.4 is 0 Å². The molecule has 15 heteroatoms. The van der Waals surface area contributed by atoms with Crippen LogP contribution in [0.2, 0.25) is 0 Å². The summed E-state index contributed by atoms with van der Waals surface area (Å²) in [6.07, 6.45) is -10.1. The predicted octanol–water partition coefficient (Wildman–Crippen LogP) is 12.5. The van der Waals surface area contributed by atoms with Gasteiger partial charge in [0.25, 0.3) is 3.79 Å². The lowest BCUT2D eigenvalue weighted by molar-refractivity contribution is -0.373. The topological polar surface area (TPSA) is 125 Å². The van der Waals surface area contributed by atoms with E-state index in [4.69, 9.17) is 92.3 Å². The summed E-state index contributed by atoms with van der Waals surface area (Å²) in [6, 6.07) is 68.8. The maximum atomic E-state index is 8.81. The van der Waals surface area contributed by atoms with E-state index in [2.05, 4.69) is 0 Å². The number of benzene rings is 7. The van der Waals surface area contributed by atoms with Crippen LogP contribution in [-0.2, 0) is 98.4 Å². The van der Waals surface area contributed by atoms with Crippen molar-refractivity contribution in [3.8, 4) is 0 Å². The van der Waals surface area contributed by atoms with Crippen molar-refractivity contribution in [3.05, 3.63) is 251 Å². The van der Waals surface area contributed by atoms with Crippen molar-refractivity contribution in [3.63, 3.8) is 0 Å². The number of hydrogen-bond donors (Lipinski definition) is 1. The first kappa shape index (κ1) is 57.2. The molecule has 9 rings (SSSR count). The monoisotopic (exact) mass is 1120 g/mol. The summed E-state index contributed by atoms with van der Waals surface area (Å²) in [5.74, 6) is -0.681. The zero-order valence-electron chi connectivity index (χ0n) is 43.0. The van der Waals surface area contributed by atoms with E-state index in [1.54, 1.807) is 0 Å². The second-order valence-corrected chi connectivity index (χ2v) is 21.2. The van der Waals surface area contributed by atoms with Crippen LogP contribution in [0, 0.1) is 5.41 Å². The molecule has 10 atom stereocenters. The lowest BCUT2D eigenvalue weighted by Gasteiger charge is -2.50. The van der Waals surface area contributed by atoms with E-state index in [1.807, 2.05) is 212 Å². The Balaban J connectivity index is 1.14. The lowest BCUT2D eigenvalue weighted by atomic mass is 9.95. The summed E-state index contributed by atoms with van der Waals surface area (Å²) in [7, 11) is 0. The third-order valence-electron chi connectivity index (χ3n) is 13.2. The molecule has 12 nitrogen and oxygen atoms in total. The number of hydrogen-bond acceptors (Lipinski definition) is 12. The predicted molar refractivity (Wildman–Crippen MR) is 299 cm³/mol. The Morgan fingerprint density at radius 1 is 0.346 bits per heavy atom. The second-order valence-electron chi connectivity index (χ2n) is 18.9. The molecule has 0 saturated carbocycles. The minimum absolute atomic E-state index is 0.0558. The number of rotatable bonds is 26. The highest BCUT2D eigenvalue weighted by Crippen LogP contribution is 2.38. The molecule has 1 N–H and O–H groups in total. The molecule has 0 unspecified atom stereocenters. The highest BCUT2D eigenvalue weighted by molar-refractivity contribution is 6.76. The van der Waals surface area contributed by atoms with E-state index in [-0.39, 0.29) is 52.9 Å². The zero-order valence-corrected chi connectivity index (χ0v) is 45.2. The minimum atomic E-state index is -2.24. The summed E-state index contributed by atoms with van der Waals surface area (Å²) < 4.78 is 73.7. The van der Waals surface area contributed by atoms with Gasteiger partial charge in [-0.1, -0.05) is 247 Å². The Bertz CT molecular complexity index is 2790. The van der Waals surface area contributed by atoms with Gasteiger partial charge in [-0.2, -0.15) is 0 Å². The summed E-state index contributed by atoms with van der Waals surface area (Å²) >= 11 is 18.9. The molecule has 2 fully saturated rings. The molecule has 2 aliphatic rings. The first-order valence-electron chi connectivity index (χ1n) is 26.0. The standard InChI is InChI=1S/C63H64Cl3NO11/c64-63(65,66)62(67)78-61-59(74-42-51-34-20-7-21-35-51)57(72-40-49-30-16-5-17-31-49)55(53(76-61)44-69-37-46-24-10-2-11-25-46)77-60-58(73-41-50-32-18-6-19-33-50)56(71-39-48-28-14-4-15-29-48)54(70-38-47-26-12-3-13-27-47)52(75-60)43-68-36-45-22-8-1-9-23-45/h1-35,52-61,67H,36-44H2/t52-,53-,54-,55-,56+,57+,58-,59-,60+,61+/m1/s1. The van der Waals surface area contributed by atoms with Gasteiger partial charge < -0.3 is 52.1 Å². The molecule has 0 radical (unpaired) electrons. The minimum Gasteiger partial charge on any atom is -0.445 e. The second kappa shape index (κ2) is 29.6. The van der Waals surface area contributed by atoms with E-state index in [0.717, 1.165) is 38.9 Å². The van der Waals surface area contributed by atoms with Gasteiger partial charge in [0.05, 0.1) is 59.5 Å². The van der Waals surface area contributed by atoms with Crippen LogP contribution >= 0.6 is 34.8 Å². The van der Waals surface area contributed by atoms with Crippen LogP contribution in [0.4, 0.5) is 0 Å². The van der Waals surface area contributed by atoms with Crippen molar-refractivity contribution in [1.82, 2.24) is 0 Å². The van der Waals surface area contributed by atoms with Crippen molar-refractivity contribution in [2.75, 3.05) is 13.2 Å². The van der Waals surface area contributed by atoms with Crippen LogP contribution in [0.1, 0.15) is 38.9 Å². The number of ether oxygens (including phenoxy) is 11. The van der Waals surface area contributed by atoms with Gasteiger partial charge in [0, 0.05) is 0 Å². The van der Waals surface area contributed by atoms with Crippen LogP contribution in [0.5, 0.6) is 0 Å². The maximum Gasteiger partial charge on any atom is 0.265 e. The van der Waals surface area contributed by atoms with Crippen LogP contribution in [0.3, 0.4) is 0 Å². The number of alkyl halides is 3. The fourth-order valence-electron chi connectivity index (χ4n) is 9.23. The first-order valence-corrected chi connectivity index (χ1v) is 27.2. The van der Waals surface area contributed by atoms with Crippen LogP contribution in [0.25, 0.3) is 0 Å². The Hall–Kier alpha value is -5.52. The molecule has 2 saturated heterocycles. The van der Waals surface area contributed by atoms with Gasteiger partial charge in [-0.25, -0.2) is 0 Å². The van der Waals surface area contributed by atoms with Crippen molar-refractivity contribution in [2.45, 2.75) is 111 Å². The first-order chi connectivity index (χ1) is 38.2. The molecular weight excluding hydrogens is 1050 g/mol. The molecule has 7 aromatic carbocycles. The fraction of sp³-hybridized carbons (Fsp3) is 0.317. The van der Waals surface area contributed by atoms with Gasteiger partial charge >= 0.3 is 0 Å². The molecule has 408 valence electrons. The third-order valence-corrected chi connectivity index (χ3v) is 13.7. The molecule has 0 spiro atoms. The maximum absolute atomic E-state index is 8.81. The van der Waals surface area contributed by atoms with Crippen LogP contribution in [0.15, 0.2) is 212 Å². The molecule has 2 heterocycles. The van der Waals surface area contributed by atoms with Crippen molar-refractivity contribution >= 4 is 40.7 Å². The Labute approximate surface area is 471 Å². The van der Waals surface area contributed by atoms with E-state index >= 15 is 0 Å². The van der Waals surface area contributed by atoms with E-state index in [1.165, 1.54) is 0 Å². The molecule has 0 aromatic heterocycles. The molecular formula is C63H64Cl3NO11. The lowest BCUT2D eigenvalue weighted by Crippen LogP contribution is -2.66. The molecule has 0 amide bonds. The Morgan fingerprint density at radius 3 is 0.962 bits per heavy atom. The molecule has 2 aliphatic heterocycles. The van der Waals surface area contributed by atoms with E-state index in [0.29, 0.717) is 6.61 Å². The van der Waals surface area contributed by atoms with Gasteiger partial charge in [-0.3, -0.25) is 5.41 Å². The quantitative estimate of drug-likeness (QED) is 0.0316. The van der Waals surface area contributed by atoms with Gasteiger partial charge in [0.15, 0.2) is 6.29 Å². The van der Waals surface area contributed by atoms with Crippen molar-refractivity contribution in [1.29, 1.82) is 5.41 Å². The van der Waals surface area contributed by atoms with Gasteiger partial charge in [0.2, 0.25) is 12.2 Å². The largest absolute Gasteiger partial charge is 0.445 e. The van der Waals surface area contributed by atoms with E-state index in [9.17, 15) is 0 Å². The molecule has 0 aliphatic carbocycles. The van der Waals surface area contributed by atoms with Crippen LogP contribution in [-0.4, -0.2) is 84.3 Å². The van der Waals surface area contributed by atoms with Gasteiger partial charge in [-0.15, -0.1) is 0 Å². The SMILES string of the molecule is N=C(O[C@@H]1O[C@H](COCc2ccccc2)[C@@H](O[C@@H]2O[C@H](COCc3ccccc3)[C@@H](OCc3ccccc3)[C@H](OCc3ccccc3)[C@H]2OCc2ccccc2)[C@H](OCc2ccccc2)[C@H]1OCc1ccccc1)C(Cl)(Cl)Cl. The molecule has 0 bridgehead atoms. The summed E-state index contributed by atoms with van der Waals surface area (Å²) in [4.78, 5) is 0. The molecule has 78 heavy (non-hydrogen) atoms.